The van der Waals surface area contributed by atoms with E-state index in [9.17, 15) is 4.39 Å². The first-order valence-corrected chi connectivity index (χ1v) is 6.31. The van der Waals surface area contributed by atoms with Gasteiger partial charge in [0, 0.05) is 13.1 Å². The summed E-state index contributed by atoms with van der Waals surface area (Å²) in [5.74, 6) is 0.00255. The second kappa shape index (κ2) is 5.24. The first-order chi connectivity index (χ1) is 8.56. The molecule has 0 saturated carbocycles. The standard InChI is InChI=1S/C14H21FN2O/c1-14(9-16)5-6-17(10-14)8-11-3-4-13(18-2)12(15)7-11/h3-4,7H,5-6,8-10,16H2,1-2H3. The molecule has 2 rings (SSSR count). The Morgan fingerprint density at radius 3 is 2.83 bits per heavy atom. The lowest BCUT2D eigenvalue weighted by atomic mass is 9.90. The van der Waals surface area contributed by atoms with Crippen LogP contribution in [0.5, 0.6) is 5.75 Å². The molecule has 0 amide bonds. The number of hydrogen-bond acceptors (Lipinski definition) is 3. The predicted octanol–water partition coefficient (Wildman–Crippen LogP) is 2.00. The Kier molecular flexibility index (Phi) is 3.88. The normalized spacial score (nSPS) is 24.4. The number of ether oxygens (including phenoxy) is 1. The number of hydrogen-bond donors (Lipinski definition) is 1. The Hall–Kier alpha value is -1.13. The molecule has 100 valence electrons. The predicted molar refractivity (Wildman–Crippen MR) is 70.0 cm³/mol. The highest BCUT2D eigenvalue weighted by Crippen LogP contribution is 2.29. The Morgan fingerprint density at radius 1 is 1.50 bits per heavy atom. The number of halogens is 1. The van der Waals surface area contributed by atoms with Crippen LogP contribution < -0.4 is 10.5 Å². The smallest absolute Gasteiger partial charge is 0.165 e. The summed E-state index contributed by atoms with van der Waals surface area (Å²) in [6.45, 7) is 5.71. The number of benzene rings is 1. The highest BCUT2D eigenvalue weighted by molar-refractivity contribution is 5.29. The molecule has 0 aliphatic carbocycles. The van der Waals surface area contributed by atoms with Crippen LogP contribution in [-0.2, 0) is 6.54 Å². The van der Waals surface area contributed by atoms with Crippen molar-refractivity contribution in [3.8, 4) is 5.75 Å². The molecule has 1 heterocycles. The van der Waals surface area contributed by atoms with E-state index in [0.717, 1.165) is 31.6 Å². The molecule has 0 bridgehead atoms. The van der Waals surface area contributed by atoms with E-state index in [1.165, 1.54) is 7.11 Å². The monoisotopic (exact) mass is 252 g/mol. The molecule has 0 aromatic heterocycles. The van der Waals surface area contributed by atoms with Gasteiger partial charge in [-0.1, -0.05) is 13.0 Å². The van der Waals surface area contributed by atoms with Crippen LogP contribution in [0.4, 0.5) is 4.39 Å². The Bertz CT molecular complexity index is 424. The molecule has 1 aliphatic heterocycles. The molecule has 1 saturated heterocycles. The van der Waals surface area contributed by atoms with Gasteiger partial charge in [0.2, 0.25) is 0 Å². The van der Waals surface area contributed by atoms with Crippen molar-refractivity contribution in [2.75, 3.05) is 26.7 Å². The summed E-state index contributed by atoms with van der Waals surface area (Å²) in [5, 5.41) is 0. The summed E-state index contributed by atoms with van der Waals surface area (Å²) in [4.78, 5) is 2.33. The second-order valence-corrected chi connectivity index (χ2v) is 5.44. The van der Waals surface area contributed by atoms with Gasteiger partial charge in [0.05, 0.1) is 7.11 Å². The maximum absolute atomic E-state index is 13.6. The van der Waals surface area contributed by atoms with Gasteiger partial charge in [-0.25, -0.2) is 4.39 Å². The van der Waals surface area contributed by atoms with Gasteiger partial charge in [-0.15, -0.1) is 0 Å². The molecule has 0 radical (unpaired) electrons. The van der Waals surface area contributed by atoms with Gasteiger partial charge < -0.3 is 10.5 Å². The van der Waals surface area contributed by atoms with Crippen LogP contribution in [0.15, 0.2) is 18.2 Å². The Balaban J connectivity index is 2.01. The minimum absolute atomic E-state index is 0.213. The molecule has 0 spiro atoms. The van der Waals surface area contributed by atoms with Crippen LogP contribution >= 0.6 is 0 Å². The fraction of sp³-hybridized carbons (Fsp3) is 0.571. The fourth-order valence-corrected chi connectivity index (χ4v) is 2.49. The SMILES string of the molecule is COc1ccc(CN2CCC(C)(CN)C2)cc1F. The number of nitrogens with zero attached hydrogens (tertiary/aromatic N) is 1. The van der Waals surface area contributed by atoms with Crippen molar-refractivity contribution >= 4 is 0 Å². The van der Waals surface area contributed by atoms with Crippen LogP contribution in [0.3, 0.4) is 0 Å². The van der Waals surface area contributed by atoms with Gasteiger partial charge in [0.25, 0.3) is 0 Å². The van der Waals surface area contributed by atoms with Crippen LogP contribution in [0, 0.1) is 11.2 Å². The number of rotatable bonds is 4. The van der Waals surface area contributed by atoms with E-state index in [2.05, 4.69) is 11.8 Å². The van der Waals surface area contributed by atoms with E-state index in [1.807, 2.05) is 6.07 Å². The molecular formula is C14H21FN2O. The van der Waals surface area contributed by atoms with E-state index in [1.54, 1.807) is 12.1 Å². The van der Waals surface area contributed by atoms with Gasteiger partial charge >= 0.3 is 0 Å². The molecule has 1 aromatic rings. The maximum atomic E-state index is 13.6. The first-order valence-electron chi connectivity index (χ1n) is 6.31. The molecule has 4 heteroatoms. The molecular weight excluding hydrogens is 231 g/mol. The van der Waals surface area contributed by atoms with Crippen LogP contribution in [0.1, 0.15) is 18.9 Å². The second-order valence-electron chi connectivity index (χ2n) is 5.44. The van der Waals surface area contributed by atoms with Crippen molar-refractivity contribution < 1.29 is 9.13 Å². The average molecular weight is 252 g/mol. The third kappa shape index (κ3) is 2.82. The van der Waals surface area contributed by atoms with Crippen molar-refractivity contribution in [2.24, 2.45) is 11.1 Å². The van der Waals surface area contributed by atoms with E-state index in [4.69, 9.17) is 10.5 Å². The molecule has 1 aromatic carbocycles. The maximum Gasteiger partial charge on any atom is 0.165 e. The minimum Gasteiger partial charge on any atom is -0.494 e. The number of methoxy groups -OCH3 is 1. The summed E-state index contributed by atoms with van der Waals surface area (Å²) >= 11 is 0. The summed E-state index contributed by atoms with van der Waals surface area (Å²) in [6, 6.07) is 5.15. The zero-order valence-electron chi connectivity index (χ0n) is 11.1. The quantitative estimate of drug-likeness (QED) is 0.891. The Morgan fingerprint density at radius 2 is 2.28 bits per heavy atom. The number of nitrogens with two attached hydrogens (primary N) is 1. The van der Waals surface area contributed by atoms with Gasteiger partial charge in [-0.3, -0.25) is 4.90 Å². The summed E-state index contributed by atoms with van der Waals surface area (Å²) in [7, 11) is 1.48. The average Bonchev–Trinajstić information content (AvgIpc) is 2.72. The zero-order valence-corrected chi connectivity index (χ0v) is 11.1. The third-order valence-electron chi connectivity index (χ3n) is 3.75. The van der Waals surface area contributed by atoms with E-state index < -0.39 is 0 Å². The van der Waals surface area contributed by atoms with Crippen LogP contribution in [0.2, 0.25) is 0 Å². The molecule has 1 unspecified atom stereocenters. The van der Waals surface area contributed by atoms with Crippen molar-refractivity contribution in [3.05, 3.63) is 29.6 Å². The topological polar surface area (TPSA) is 38.5 Å². The molecule has 1 aliphatic rings. The minimum atomic E-state index is -0.296. The largest absolute Gasteiger partial charge is 0.494 e. The highest BCUT2D eigenvalue weighted by Gasteiger charge is 2.32. The number of likely N-dealkylation sites (tertiary alicyclic amines) is 1. The van der Waals surface area contributed by atoms with Crippen molar-refractivity contribution in [1.29, 1.82) is 0 Å². The first kappa shape index (κ1) is 13.3. The van der Waals surface area contributed by atoms with E-state index in [0.29, 0.717) is 12.3 Å². The van der Waals surface area contributed by atoms with E-state index >= 15 is 0 Å². The zero-order chi connectivity index (χ0) is 13.2. The lowest BCUT2D eigenvalue weighted by Gasteiger charge is -2.22. The fourth-order valence-electron chi connectivity index (χ4n) is 2.49. The van der Waals surface area contributed by atoms with Crippen LogP contribution in [0.25, 0.3) is 0 Å². The van der Waals surface area contributed by atoms with Gasteiger partial charge in [0.1, 0.15) is 0 Å². The molecule has 3 nitrogen and oxygen atoms in total. The molecule has 18 heavy (non-hydrogen) atoms. The van der Waals surface area contributed by atoms with Crippen molar-refractivity contribution in [2.45, 2.75) is 19.9 Å². The summed E-state index contributed by atoms with van der Waals surface area (Å²) in [5.41, 5.74) is 6.98. The Labute approximate surface area is 108 Å². The van der Waals surface area contributed by atoms with Gasteiger partial charge in [-0.2, -0.15) is 0 Å². The highest BCUT2D eigenvalue weighted by atomic mass is 19.1. The summed E-state index contributed by atoms with van der Waals surface area (Å²) in [6.07, 6.45) is 1.11. The van der Waals surface area contributed by atoms with Crippen LogP contribution in [-0.4, -0.2) is 31.6 Å². The lowest BCUT2D eigenvalue weighted by Crippen LogP contribution is -2.31. The third-order valence-corrected chi connectivity index (χ3v) is 3.75. The van der Waals surface area contributed by atoms with Crippen molar-refractivity contribution in [3.63, 3.8) is 0 Å². The molecule has 2 N–H and O–H groups in total. The molecule has 1 atom stereocenters. The van der Waals surface area contributed by atoms with Gasteiger partial charge in [-0.05, 0) is 42.6 Å². The van der Waals surface area contributed by atoms with Crippen molar-refractivity contribution in [1.82, 2.24) is 4.90 Å². The lowest BCUT2D eigenvalue weighted by molar-refractivity contribution is 0.274. The molecule has 1 fully saturated rings. The van der Waals surface area contributed by atoms with E-state index in [-0.39, 0.29) is 11.2 Å². The van der Waals surface area contributed by atoms with Gasteiger partial charge in [0.15, 0.2) is 11.6 Å². The summed E-state index contributed by atoms with van der Waals surface area (Å²) < 4.78 is 18.5.